The normalized spacial score (nSPS) is 30.3. The molecule has 1 saturated carbocycles. The van der Waals surface area contributed by atoms with E-state index in [1.165, 1.54) is 58.0 Å². The van der Waals surface area contributed by atoms with Gasteiger partial charge in [-0.25, -0.2) is 0 Å². The maximum absolute atomic E-state index is 13.2. The number of halogens is 1. The van der Waals surface area contributed by atoms with E-state index in [4.69, 9.17) is 0 Å². The van der Waals surface area contributed by atoms with Crippen LogP contribution in [0.15, 0.2) is 28.7 Å². The topological polar surface area (TPSA) is 23.6 Å². The molecule has 0 N–H and O–H groups in total. The van der Waals surface area contributed by atoms with Crippen molar-refractivity contribution in [3.63, 3.8) is 0 Å². The smallest absolute Gasteiger partial charge is 0.227 e. The highest BCUT2D eigenvalue weighted by atomic mass is 79.9. The monoisotopic (exact) mass is 404 g/mol. The molecule has 0 aromatic heterocycles. The van der Waals surface area contributed by atoms with Crippen LogP contribution in [0.5, 0.6) is 0 Å². The second-order valence-corrected chi connectivity index (χ2v) is 8.94. The van der Waals surface area contributed by atoms with Gasteiger partial charge in [0.2, 0.25) is 5.91 Å². The first-order valence-electron chi connectivity index (χ1n) is 10.0. The third kappa shape index (κ3) is 3.80. The van der Waals surface area contributed by atoms with Crippen molar-refractivity contribution in [3.8, 4) is 0 Å². The summed E-state index contributed by atoms with van der Waals surface area (Å²) in [5.41, 5.74) is 1.13. The average molecular weight is 405 g/mol. The van der Waals surface area contributed by atoms with E-state index in [-0.39, 0.29) is 0 Å². The van der Waals surface area contributed by atoms with E-state index in [0.29, 0.717) is 24.4 Å². The molecule has 3 nitrogen and oxygen atoms in total. The molecule has 1 aliphatic carbocycles. The Morgan fingerprint density at radius 3 is 2.44 bits per heavy atom. The van der Waals surface area contributed by atoms with Gasteiger partial charge in [0.15, 0.2) is 0 Å². The molecule has 2 heterocycles. The number of nitrogens with zero attached hydrogens (tertiary/aromatic N) is 2. The molecule has 0 bridgehead atoms. The van der Waals surface area contributed by atoms with E-state index in [0.717, 1.165) is 22.5 Å². The van der Waals surface area contributed by atoms with E-state index in [1.807, 2.05) is 12.1 Å². The second kappa shape index (κ2) is 7.79. The molecule has 1 aromatic carbocycles. The average Bonchev–Trinajstić information content (AvgIpc) is 3.17. The Balaban J connectivity index is 1.51. The van der Waals surface area contributed by atoms with Gasteiger partial charge in [-0.2, -0.15) is 0 Å². The van der Waals surface area contributed by atoms with Gasteiger partial charge in [0.25, 0.3) is 0 Å². The fourth-order valence-corrected chi connectivity index (χ4v) is 5.60. The van der Waals surface area contributed by atoms with Crippen LogP contribution >= 0.6 is 15.9 Å². The van der Waals surface area contributed by atoms with Crippen LogP contribution in [-0.4, -0.2) is 47.4 Å². The van der Waals surface area contributed by atoms with E-state index < -0.39 is 0 Å². The first-order chi connectivity index (χ1) is 12.2. The van der Waals surface area contributed by atoms with Crippen LogP contribution in [0.3, 0.4) is 0 Å². The van der Waals surface area contributed by atoms with Crippen molar-refractivity contribution in [3.05, 3.63) is 34.3 Å². The van der Waals surface area contributed by atoms with Gasteiger partial charge in [-0.1, -0.05) is 34.5 Å². The van der Waals surface area contributed by atoms with Gasteiger partial charge in [-0.3, -0.25) is 9.69 Å². The Bertz CT molecular complexity index is 594. The third-order valence-electron chi connectivity index (χ3n) is 6.48. The quantitative estimate of drug-likeness (QED) is 0.751. The number of carbonyl (C=O) groups is 1. The molecule has 0 radical (unpaired) electrons. The molecule has 3 fully saturated rings. The molecule has 2 saturated heterocycles. The Kier molecular flexibility index (Phi) is 5.47. The maximum Gasteiger partial charge on any atom is 0.227 e. The van der Waals surface area contributed by atoms with Crippen molar-refractivity contribution in [2.45, 2.75) is 63.5 Å². The van der Waals surface area contributed by atoms with Gasteiger partial charge < -0.3 is 4.90 Å². The minimum absolute atomic E-state index is 0.336. The summed E-state index contributed by atoms with van der Waals surface area (Å²) in [7, 11) is 0. The van der Waals surface area contributed by atoms with Gasteiger partial charge in [-0.05, 0) is 75.2 Å². The zero-order valence-electron chi connectivity index (χ0n) is 15.0. The SMILES string of the molecule is O=C(Cc1ccc(Br)cc1)N1CCC[C@H]2CCC[C@H](N3CCCC3)[C@H]21. The van der Waals surface area contributed by atoms with Gasteiger partial charge in [0, 0.05) is 17.1 Å². The fourth-order valence-electron chi connectivity index (χ4n) is 5.34. The van der Waals surface area contributed by atoms with Gasteiger partial charge in [-0.15, -0.1) is 0 Å². The van der Waals surface area contributed by atoms with Crippen LogP contribution in [0, 0.1) is 5.92 Å². The molecule has 2 aliphatic heterocycles. The highest BCUT2D eigenvalue weighted by Crippen LogP contribution is 2.39. The number of fused-ring (bicyclic) bond motifs is 1. The molecule has 0 unspecified atom stereocenters. The molecular weight excluding hydrogens is 376 g/mol. The van der Waals surface area contributed by atoms with Crippen molar-refractivity contribution in [2.24, 2.45) is 5.92 Å². The van der Waals surface area contributed by atoms with Gasteiger partial charge in [0.05, 0.1) is 12.5 Å². The lowest BCUT2D eigenvalue weighted by Crippen LogP contribution is -2.60. The molecule has 0 spiro atoms. The second-order valence-electron chi connectivity index (χ2n) is 8.02. The molecule has 3 atom stereocenters. The van der Waals surface area contributed by atoms with E-state index in [1.54, 1.807) is 0 Å². The molecule has 1 aromatic rings. The minimum atomic E-state index is 0.336. The highest BCUT2D eigenvalue weighted by Gasteiger charge is 2.43. The molecule has 4 rings (SSSR count). The number of rotatable bonds is 3. The Morgan fingerprint density at radius 1 is 0.960 bits per heavy atom. The molecule has 136 valence electrons. The number of carbonyl (C=O) groups excluding carboxylic acids is 1. The first kappa shape index (κ1) is 17.5. The lowest BCUT2D eigenvalue weighted by molar-refractivity contribution is -0.139. The van der Waals surface area contributed by atoms with E-state index >= 15 is 0 Å². The predicted octanol–water partition coefficient (Wildman–Crippen LogP) is 4.25. The zero-order chi connectivity index (χ0) is 17.2. The Morgan fingerprint density at radius 2 is 1.68 bits per heavy atom. The Hall–Kier alpha value is -0.870. The summed E-state index contributed by atoms with van der Waals surface area (Å²) in [6.07, 6.45) is 9.65. The number of amides is 1. The standard InChI is InChI=1S/C21H29BrN2O/c22-18-10-8-16(9-11-18)15-20(25)24-14-4-6-17-5-3-7-19(21(17)24)23-12-1-2-13-23/h8-11,17,19,21H,1-7,12-15H2/t17-,19+,21+/m1/s1. The van der Waals surface area contributed by atoms with Gasteiger partial charge in [0.1, 0.15) is 0 Å². The van der Waals surface area contributed by atoms with Crippen molar-refractivity contribution in [1.29, 1.82) is 0 Å². The summed E-state index contributed by atoms with van der Waals surface area (Å²) in [5.74, 6) is 1.06. The number of piperidine rings is 1. The van der Waals surface area contributed by atoms with E-state index in [9.17, 15) is 4.79 Å². The Labute approximate surface area is 159 Å². The molecule has 4 heteroatoms. The van der Waals surface area contributed by atoms with Crippen LogP contribution in [0.1, 0.15) is 50.5 Å². The number of likely N-dealkylation sites (tertiary alicyclic amines) is 2. The van der Waals surface area contributed by atoms with Crippen molar-refractivity contribution >= 4 is 21.8 Å². The van der Waals surface area contributed by atoms with Crippen molar-refractivity contribution in [1.82, 2.24) is 9.80 Å². The van der Waals surface area contributed by atoms with Crippen molar-refractivity contribution < 1.29 is 4.79 Å². The number of benzene rings is 1. The number of hydrogen-bond donors (Lipinski definition) is 0. The van der Waals surface area contributed by atoms with Crippen LogP contribution in [0.4, 0.5) is 0 Å². The largest absolute Gasteiger partial charge is 0.338 e. The van der Waals surface area contributed by atoms with Crippen LogP contribution < -0.4 is 0 Å². The molecule has 25 heavy (non-hydrogen) atoms. The summed E-state index contributed by atoms with van der Waals surface area (Å²) in [6.45, 7) is 3.44. The summed E-state index contributed by atoms with van der Waals surface area (Å²) >= 11 is 3.48. The van der Waals surface area contributed by atoms with Crippen LogP contribution in [0.25, 0.3) is 0 Å². The predicted molar refractivity (Wildman–Crippen MR) is 105 cm³/mol. The maximum atomic E-state index is 13.2. The lowest BCUT2D eigenvalue weighted by atomic mass is 9.74. The van der Waals surface area contributed by atoms with Crippen molar-refractivity contribution in [2.75, 3.05) is 19.6 Å². The third-order valence-corrected chi connectivity index (χ3v) is 7.01. The summed E-state index contributed by atoms with van der Waals surface area (Å²) < 4.78 is 1.07. The van der Waals surface area contributed by atoms with Crippen LogP contribution in [0.2, 0.25) is 0 Å². The molecule has 3 aliphatic rings. The van der Waals surface area contributed by atoms with Crippen LogP contribution in [-0.2, 0) is 11.2 Å². The lowest BCUT2D eigenvalue weighted by Gasteiger charge is -2.51. The number of hydrogen-bond acceptors (Lipinski definition) is 2. The summed E-state index contributed by atoms with van der Waals surface area (Å²) in [5, 5.41) is 0. The van der Waals surface area contributed by atoms with Gasteiger partial charge >= 0.3 is 0 Å². The highest BCUT2D eigenvalue weighted by molar-refractivity contribution is 9.10. The fraction of sp³-hybridized carbons (Fsp3) is 0.667. The zero-order valence-corrected chi connectivity index (χ0v) is 16.6. The minimum Gasteiger partial charge on any atom is -0.338 e. The molecular formula is C21H29BrN2O. The van der Waals surface area contributed by atoms with E-state index in [2.05, 4.69) is 37.9 Å². The first-order valence-corrected chi connectivity index (χ1v) is 10.8. The summed E-state index contributed by atoms with van der Waals surface area (Å²) in [4.78, 5) is 18.1. The molecule has 1 amide bonds. The summed E-state index contributed by atoms with van der Waals surface area (Å²) in [6, 6.07) is 9.29.